The van der Waals surface area contributed by atoms with Gasteiger partial charge in [-0.25, -0.2) is 4.79 Å². The molecule has 0 spiro atoms. The van der Waals surface area contributed by atoms with Crippen LogP contribution in [0.1, 0.15) is 17.4 Å². The molecule has 0 bridgehead atoms. The Bertz CT molecular complexity index is 929. The van der Waals surface area contributed by atoms with Crippen molar-refractivity contribution in [3.8, 4) is 11.4 Å². The first-order valence-electron chi connectivity index (χ1n) is 7.10. The van der Waals surface area contributed by atoms with Gasteiger partial charge in [0.15, 0.2) is 5.69 Å². The van der Waals surface area contributed by atoms with Crippen LogP contribution in [0.5, 0.6) is 5.75 Å². The zero-order valence-corrected chi connectivity index (χ0v) is 12.4. The summed E-state index contributed by atoms with van der Waals surface area (Å²) < 4.78 is 6.46. The fourth-order valence-corrected chi connectivity index (χ4v) is 2.37. The molecule has 0 atom stereocenters. The molecule has 1 N–H and O–H groups in total. The van der Waals surface area contributed by atoms with Gasteiger partial charge in [0.1, 0.15) is 5.75 Å². The van der Waals surface area contributed by atoms with E-state index in [1.807, 2.05) is 6.92 Å². The fraction of sp³-hybridized carbons (Fsp3) is 0.118. The van der Waals surface area contributed by atoms with Gasteiger partial charge in [-0.1, -0.05) is 18.2 Å². The predicted octanol–water partition coefficient (Wildman–Crippen LogP) is 2.48. The molecule has 23 heavy (non-hydrogen) atoms. The van der Waals surface area contributed by atoms with Crippen LogP contribution in [0.25, 0.3) is 16.5 Å². The Hall–Kier alpha value is -3.15. The first-order valence-corrected chi connectivity index (χ1v) is 7.10. The number of carboxylic acid groups (broad SMARTS) is 1. The van der Waals surface area contributed by atoms with E-state index in [9.17, 15) is 14.7 Å². The number of fused-ring (bicyclic) bond motifs is 1. The summed E-state index contributed by atoms with van der Waals surface area (Å²) in [7, 11) is 0. The number of nitrogens with zero attached hydrogens (tertiary/aromatic N) is 2. The van der Waals surface area contributed by atoms with Crippen molar-refractivity contribution in [2.75, 3.05) is 6.61 Å². The maximum atomic E-state index is 12.6. The summed E-state index contributed by atoms with van der Waals surface area (Å²) in [4.78, 5) is 24.0. The Morgan fingerprint density at radius 2 is 1.78 bits per heavy atom. The standard InChI is InChI=1S/C17H14N2O4/c1-2-23-12-9-7-11(8-10-12)19-16(20)14-6-4-3-5-13(14)15(18-19)17(21)22/h3-10H,2H2,1H3,(H,21,22). The number of hydrogen-bond donors (Lipinski definition) is 1. The molecule has 116 valence electrons. The first-order chi connectivity index (χ1) is 11.1. The van der Waals surface area contributed by atoms with E-state index < -0.39 is 5.97 Å². The van der Waals surface area contributed by atoms with Crippen LogP contribution in [-0.2, 0) is 0 Å². The van der Waals surface area contributed by atoms with Crippen LogP contribution < -0.4 is 10.3 Å². The van der Waals surface area contributed by atoms with Crippen molar-refractivity contribution < 1.29 is 14.6 Å². The summed E-state index contributed by atoms with van der Waals surface area (Å²) >= 11 is 0. The Balaban J connectivity index is 2.23. The first kappa shape index (κ1) is 14.8. The lowest BCUT2D eigenvalue weighted by molar-refractivity contribution is 0.0691. The van der Waals surface area contributed by atoms with E-state index >= 15 is 0 Å². The van der Waals surface area contributed by atoms with E-state index in [4.69, 9.17) is 4.74 Å². The van der Waals surface area contributed by atoms with Gasteiger partial charge in [-0.05, 0) is 37.3 Å². The molecule has 1 aromatic heterocycles. The zero-order valence-electron chi connectivity index (χ0n) is 12.4. The van der Waals surface area contributed by atoms with Crippen LogP contribution in [0.15, 0.2) is 53.3 Å². The molecule has 0 aliphatic rings. The van der Waals surface area contributed by atoms with Gasteiger partial charge in [-0.2, -0.15) is 9.78 Å². The molecule has 0 saturated heterocycles. The second kappa shape index (κ2) is 5.92. The molecule has 0 radical (unpaired) electrons. The van der Waals surface area contributed by atoms with Gasteiger partial charge in [0, 0.05) is 5.39 Å². The third kappa shape index (κ3) is 2.66. The maximum absolute atomic E-state index is 12.6. The Morgan fingerprint density at radius 3 is 2.39 bits per heavy atom. The van der Waals surface area contributed by atoms with Crippen LogP contribution in [0.4, 0.5) is 0 Å². The Kier molecular flexibility index (Phi) is 3.80. The van der Waals surface area contributed by atoms with E-state index in [-0.39, 0.29) is 11.3 Å². The number of aromatic carboxylic acids is 1. The smallest absolute Gasteiger partial charge is 0.357 e. The van der Waals surface area contributed by atoms with Crippen molar-refractivity contribution >= 4 is 16.7 Å². The summed E-state index contributed by atoms with van der Waals surface area (Å²) in [6, 6.07) is 13.3. The minimum Gasteiger partial charge on any atom is -0.494 e. The minimum absolute atomic E-state index is 0.158. The van der Waals surface area contributed by atoms with Crippen molar-refractivity contribution in [1.82, 2.24) is 9.78 Å². The highest BCUT2D eigenvalue weighted by Gasteiger charge is 2.16. The van der Waals surface area contributed by atoms with Crippen molar-refractivity contribution in [2.45, 2.75) is 6.92 Å². The molecule has 3 aromatic rings. The van der Waals surface area contributed by atoms with Crippen molar-refractivity contribution in [3.05, 3.63) is 64.6 Å². The van der Waals surface area contributed by atoms with Crippen molar-refractivity contribution in [3.63, 3.8) is 0 Å². The highest BCUT2D eigenvalue weighted by Crippen LogP contribution is 2.17. The number of hydrogen-bond acceptors (Lipinski definition) is 4. The number of aromatic nitrogens is 2. The predicted molar refractivity (Wildman–Crippen MR) is 85.5 cm³/mol. The molecule has 0 fully saturated rings. The summed E-state index contributed by atoms with van der Waals surface area (Å²) in [6.45, 7) is 2.42. The lowest BCUT2D eigenvalue weighted by atomic mass is 10.1. The zero-order chi connectivity index (χ0) is 16.4. The van der Waals surface area contributed by atoms with Gasteiger partial charge >= 0.3 is 5.97 Å². The topological polar surface area (TPSA) is 81.4 Å². The SMILES string of the molecule is CCOc1ccc(-n2nc(C(=O)O)c3ccccc3c2=O)cc1. The van der Waals surface area contributed by atoms with Crippen LogP contribution in [0, 0.1) is 0 Å². The second-order valence-electron chi connectivity index (χ2n) is 4.84. The molecule has 0 aliphatic carbocycles. The van der Waals surface area contributed by atoms with Gasteiger partial charge in [0.25, 0.3) is 5.56 Å². The largest absolute Gasteiger partial charge is 0.494 e. The number of benzene rings is 2. The molecule has 0 saturated carbocycles. The number of carbonyl (C=O) groups is 1. The molecular formula is C17H14N2O4. The Labute approximate surface area is 131 Å². The molecule has 0 unspecified atom stereocenters. The van der Waals surface area contributed by atoms with E-state index in [0.29, 0.717) is 28.8 Å². The van der Waals surface area contributed by atoms with E-state index in [1.165, 1.54) is 0 Å². The van der Waals surface area contributed by atoms with Gasteiger partial charge in [-0.15, -0.1) is 0 Å². The average Bonchev–Trinajstić information content (AvgIpc) is 2.56. The third-order valence-electron chi connectivity index (χ3n) is 3.40. The molecule has 3 rings (SSSR count). The molecular weight excluding hydrogens is 296 g/mol. The number of carboxylic acids is 1. The summed E-state index contributed by atoms with van der Waals surface area (Å²) in [5.41, 5.74) is -0.0458. The van der Waals surface area contributed by atoms with Gasteiger partial charge < -0.3 is 9.84 Å². The van der Waals surface area contributed by atoms with Crippen LogP contribution in [0.2, 0.25) is 0 Å². The average molecular weight is 310 g/mol. The summed E-state index contributed by atoms with van der Waals surface area (Å²) in [5.74, 6) is -0.510. The van der Waals surface area contributed by atoms with Crippen molar-refractivity contribution in [1.29, 1.82) is 0 Å². The Morgan fingerprint density at radius 1 is 1.13 bits per heavy atom. The summed E-state index contributed by atoms with van der Waals surface area (Å²) in [5, 5.41) is 14.0. The second-order valence-corrected chi connectivity index (χ2v) is 4.84. The monoisotopic (exact) mass is 310 g/mol. The molecule has 6 nitrogen and oxygen atoms in total. The van der Waals surface area contributed by atoms with Gasteiger partial charge in [-0.3, -0.25) is 4.79 Å². The van der Waals surface area contributed by atoms with Crippen LogP contribution in [-0.4, -0.2) is 27.5 Å². The minimum atomic E-state index is -1.18. The van der Waals surface area contributed by atoms with Crippen LogP contribution >= 0.6 is 0 Å². The van der Waals surface area contributed by atoms with E-state index in [0.717, 1.165) is 4.68 Å². The van der Waals surface area contributed by atoms with Crippen LogP contribution in [0.3, 0.4) is 0 Å². The van der Waals surface area contributed by atoms with E-state index in [2.05, 4.69) is 5.10 Å². The normalized spacial score (nSPS) is 10.7. The van der Waals surface area contributed by atoms with Crippen molar-refractivity contribution in [2.24, 2.45) is 0 Å². The molecule has 0 aliphatic heterocycles. The fourth-order valence-electron chi connectivity index (χ4n) is 2.37. The van der Waals surface area contributed by atoms with Gasteiger partial charge in [0.05, 0.1) is 17.7 Å². The lowest BCUT2D eigenvalue weighted by Crippen LogP contribution is -2.24. The lowest BCUT2D eigenvalue weighted by Gasteiger charge is -2.09. The number of ether oxygens (including phenoxy) is 1. The highest BCUT2D eigenvalue weighted by atomic mass is 16.5. The van der Waals surface area contributed by atoms with Gasteiger partial charge in [0.2, 0.25) is 0 Å². The highest BCUT2D eigenvalue weighted by molar-refractivity contribution is 6.01. The molecule has 6 heteroatoms. The third-order valence-corrected chi connectivity index (χ3v) is 3.40. The maximum Gasteiger partial charge on any atom is 0.357 e. The number of rotatable bonds is 4. The van der Waals surface area contributed by atoms with E-state index in [1.54, 1.807) is 48.5 Å². The summed E-state index contributed by atoms with van der Waals surface area (Å²) in [6.07, 6.45) is 0. The quantitative estimate of drug-likeness (QED) is 0.800. The molecule has 2 aromatic carbocycles. The molecule has 0 amide bonds. The molecule has 1 heterocycles.